The molecule has 1 saturated carbocycles. The van der Waals surface area contributed by atoms with Crippen molar-refractivity contribution in [1.29, 1.82) is 0 Å². The van der Waals surface area contributed by atoms with Crippen LogP contribution in [0.2, 0.25) is 0 Å². The molecule has 0 aliphatic heterocycles. The SMILES string of the molecule is Cc1cc(CN=C(NCCc2ccco2)NCC2CCCCC2)ccc1S(C)(=O)=O.I. The smallest absolute Gasteiger partial charge is 0.191 e. The van der Waals surface area contributed by atoms with Gasteiger partial charge in [-0.3, -0.25) is 0 Å². The first kappa shape index (κ1) is 25.7. The molecule has 3 rings (SSSR count). The zero-order valence-corrected chi connectivity index (χ0v) is 21.5. The van der Waals surface area contributed by atoms with Crippen LogP contribution in [0.5, 0.6) is 0 Å². The van der Waals surface area contributed by atoms with Gasteiger partial charge in [0.2, 0.25) is 0 Å². The van der Waals surface area contributed by atoms with E-state index in [-0.39, 0.29) is 24.0 Å². The minimum Gasteiger partial charge on any atom is -0.469 e. The van der Waals surface area contributed by atoms with Crippen molar-refractivity contribution in [3.05, 3.63) is 53.5 Å². The van der Waals surface area contributed by atoms with Crippen LogP contribution >= 0.6 is 24.0 Å². The predicted molar refractivity (Wildman–Crippen MR) is 136 cm³/mol. The fraction of sp³-hybridized carbons (Fsp3) is 0.522. The molecule has 2 aromatic rings. The maximum absolute atomic E-state index is 11.8. The molecule has 1 aromatic heterocycles. The fourth-order valence-corrected chi connectivity index (χ4v) is 4.92. The number of sulfone groups is 1. The summed E-state index contributed by atoms with van der Waals surface area (Å²) in [6.45, 7) is 3.98. The van der Waals surface area contributed by atoms with Gasteiger partial charge in [-0.05, 0) is 55.0 Å². The third kappa shape index (κ3) is 8.48. The van der Waals surface area contributed by atoms with Crippen LogP contribution in [0.15, 0.2) is 50.9 Å². The Bertz CT molecular complexity index is 937. The Balaban J connectivity index is 0.00000341. The highest BCUT2D eigenvalue weighted by Gasteiger charge is 2.14. The van der Waals surface area contributed by atoms with Crippen LogP contribution in [0.1, 0.15) is 49.0 Å². The van der Waals surface area contributed by atoms with Gasteiger partial charge in [0, 0.05) is 25.8 Å². The molecular formula is C23H34IN3O3S. The van der Waals surface area contributed by atoms with Crippen LogP contribution in [0, 0.1) is 12.8 Å². The lowest BCUT2D eigenvalue weighted by molar-refractivity contribution is 0.355. The van der Waals surface area contributed by atoms with E-state index in [1.54, 1.807) is 12.3 Å². The number of hydrogen-bond acceptors (Lipinski definition) is 4. The van der Waals surface area contributed by atoms with E-state index in [4.69, 9.17) is 9.41 Å². The highest BCUT2D eigenvalue weighted by molar-refractivity contribution is 14.0. The quantitative estimate of drug-likeness (QED) is 0.284. The van der Waals surface area contributed by atoms with E-state index < -0.39 is 9.84 Å². The summed E-state index contributed by atoms with van der Waals surface area (Å²) in [6.07, 6.45) is 10.3. The normalized spacial score (nSPS) is 15.4. The van der Waals surface area contributed by atoms with E-state index in [1.807, 2.05) is 31.2 Å². The van der Waals surface area contributed by atoms with Gasteiger partial charge >= 0.3 is 0 Å². The lowest BCUT2D eigenvalue weighted by Gasteiger charge is -2.23. The first-order valence-corrected chi connectivity index (χ1v) is 12.6. The largest absolute Gasteiger partial charge is 0.469 e. The first-order valence-electron chi connectivity index (χ1n) is 10.8. The molecule has 1 aliphatic carbocycles. The molecule has 8 heteroatoms. The molecule has 1 aliphatic rings. The van der Waals surface area contributed by atoms with E-state index in [0.29, 0.717) is 17.4 Å². The summed E-state index contributed by atoms with van der Waals surface area (Å²) in [5.74, 6) is 2.44. The molecule has 0 spiro atoms. The van der Waals surface area contributed by atoms with Crippen molar-refractivity contribution in [2.24, 2.45) is 10.9 Å². The molecule has 31 heavy (non-hydrogen) atoms. The summed E-state index contributed by atoms with van der Waals surface area (Å²) < 4.78 is 29.1. The second-order valence-electron chi connectivity index (χ2n) is 8.18. The van der Waals surface area contributed by atoms with Crippen molar-refractivity contribution >= 4 is 39.8 Å². The highest BCUT2D eigenvalue weighted by atomic mass is 127. The second kappa shape index (κ2) is 12.5. The minimum absolute atomic E-state index is 0. The van der Waals surface area contributed by atoms with Gasteiger partial charge in [-0.15, -0.1) is 24.0 Å². The molecule has 0 atom stereocenters. The van der Waals surface area contributed by atoms with Gasteiger partial charge in [0.25, 0.3) is 0 Å². The van der Waals surface area contributed by atoms with Crippen LogP contribution in [0.25, 0.3) is 0 Å². The molecular weight excluding hydrogens is 525 g/mol. The summed E-state index contributed by atoms with van der Waals surface area (Å²) in [6, 6.07) is 9.29. The number of furan rings is 1. The molecule has 0 amide bonds. The van der Waals surface area contributed by atoms with Crippen LogP contribution in [-0.2, 0) is 22.8 Å². The van der Waals surface area contributed by atoms with E-state index in [0.717, 1.165) is 42.4 Å². The molecule has 6 nitrogen and oxygen atoms in total. The number of rotatable bonds is 8. The Labute approximate surface area is 203 Å². The Morgan fingerprint density at radius 2 is 1.94 bits per heavy atom. The summed E-state index contributed by atoms with van der Waals surface area (Å²) in [7, 11) is -3.21. The molecule has 1 heterocycles. The zero-order chi connectivity index (χ0) is 21.4. The third-order valence-corrected chi connectivity index (χ3v) is 6.84. The summed E-state index contributed by atoms with van der Waals surface area (Å²) in [4.78, 5) is 5.12. The standard InChI is InChI=1S/C23H33N3O3S.HI/c1-18-15-20(10-11-22(18)30(2,27)28)17-26-23(24-13-12-21-9-6-14-29-21)25-16-19-7-4-3-5-8-19;/h6,9-11,14-15,19H,3-5,7-8,12-13,16-17H2,1-2H3,(H2,24,25,26);1H. The maximum atomic E-state index is 11.8. The van der Waals surface area contributed by atoms with Crippen LogP contribution in [0.4, 0.5) is 0 Å². The van der Waals surface area contributed by atoms with Crippen molar-refractivity contribution in [3.8, 4) is 0 Å². The average molecular weight is 560 g/mol. The number of hydrogen-bond donors (Lipinski definition) is 2. The molecule has 1 aromatic carbocycles. The number of benzene rings is 1. The molecule has 172 valence electrons. The molecule has 0 unspecified atom stereocenters. The summed E-state index contributed by atoms with van der Waals surface area (Å²) >= 11 is 0. The van der Waals surface area contributed by atoms with Crippen molar-refractivity contribution in [2.75, 3.05) is 19.3 Å². The minimum atomic E-state index is -3.21. The summed E-state index contributed by atoms with van der Waals surface area (Å²) in [5.41, 5.74) is 1.75. The van der Waals surface area contributed by atoms with Gasteiger partial charge in [0.05, 0.1) is 17.7 Å². The number of guanidine groups is 1. The van der Waals surface area contributed by atoms with Gasteiger partial charge in [-0.2, -0.15) is 0 Å². The lowest BCUT2D eigenvalue weighted by atomic mass is 9.89. The number of aliphatic imine (C=N–C) groups is 1. The average Bonchev–Trinajstić information content (AvgIpc) is 3.23. The van der Waals surface area contributed by atoms with Gasteiger partial charge in [0.15, 0.2) is 15.8 Å². The van der Waals surface area contributed by atoms with Gasteiger partial charge < -0.3 is 15.1 Å². The molecule has 0 radical (unpaired) electrons. The van der Waals surface area contributed by atoms with E-state index >= 15 is 0 Å². The van der Waals surface area contributed by atoms with Gasteiger partial charge in [0.1, 0.15) is 5.76 Å². The molecule has 2 N–H and O–H groups in total. The van der Waals surface area contributed by atoms with E-state index in [2.05, 4.69) is 10.6 Å². The number of halogens is 1. The maximum Gasteiger partial charge on any atom is 0.191 e. The zero-order valence-electron chi connectivity index (χ0n) is 18.4. The Kier molecular flexibility index (Phi) is 10.3. The van der Waals surface area contributed by atoms with E-state index in [9.17, 15) is 8.42 Å². The lowest BCUT2D eigenvalue weighted by Crippen LogP contribution is -2.41. The Morgan fingerprint density at radius 1 is 1.16 bits per heavy atom. The Hall–Kier alpha value is -1.55. The fourth-order valence-electron chi connectivity index (χ4n) is 3.96. The van der Waals surface area contributed by atoms with Crippen molar-refractivity contribution in [1.82, 2.24) is 10.6 Å². The van der Waals surface area contributed by atoms with Crippen molar-refractivity contribution in [2.45, 2.75) is 56.9 Å². The van der Waals surface area contributed by atoms with Crippen molar-refractivity contribution < 1.29 is 12.8 Å². The summed E-state index contributed by atoms with van der Waals surface area (Å²) in [5, 5.41) is 6.90. The van der Waals surface area contributed by atoms with Crippen LogP contribution < -0.4 is 10.6 Å². The van der Waals surface area contributed by atoms with Gasteiger partial charge in [-0.25, -0.2) is 13.4 Å². The van der Waals surface area contributed by atoms with Crippen molar-refractivity contribution in [3.63, 3.8) is 0 Å². The number of nitrogens with one attached hydrogen (secondary N) is 2. The predicted octanol–water partition coefficient (Wildman–Crippen LogP) is 4.47. The highest BCUT2D eigenvalue weighted by Crippen LogP contribution is 2.22. The monoisotopic (exact) mass is 559 g/mol. The van der Waals surface area contributed by atoms with E-state index in [1.165, 1.54) is 38.4 Å². The van der Waals surface area contributed by atoms with Gasteiger partial charge in [-0.1, -0.05) is 31.4 Å². The topological polar surface area (TPSA) is 83.7 Å². The molecule has 1 fully saturated rings. The Morgan fingerprint density at radius 3 is 2.58 bits per heavy atom. The van der Waals surface area contributed by atoms with Crippen LogP contribution in [-0.4, -0.2) is 33.7 Å². The first-order chi connectivity index (χ1) is 14.4. The molecule has 0 saturated heterocycles. The molecule has 0 bridgehead atoms. The second-order valence-corrected chi connectivity index (χ2v) is 10.2. The third-order valence-electron chi connectivity index (χ3n) is 5.59. The number of aryl methyl sites for hydroxylation is 1. The van der Waals surface area contributed by atoms with Crippen LogP contribution in [0.3, 0.4) is 0 Å². The number of nitrogens with zero attached hydrogens (tertiary/aromatic N) is 1.